The average Bonchev–Trinajstić information content (AvgIpc) is 3.26. The van der Waals surface area contributed by atoms with Crippen LogP contribution in [0.4, 0.5) is 24.5 Å². The van der Waals surface area contributed by atoms with Crippen molar-refractivity contribution < 1.29 is 27.3 Å². The summed E-state index contributed by atoms with van der Waals surface area (Å²) < 4.78 is 44.2. The summed E-state index contributed by atoms with van der Waals surface area (Å²) >= 11 is 0. The highest BCUT2D eigenvalue weighted by Gasteiger charge is 2.38. The maximum atomic E-state index is 13.7. The number of nitrogens with zero attached hydrogens (tertiary/aromatic N) is 3. The summed E-state index contributed by atoms with van der Waals surface area (Å²) in [5.41, 5.74) is 4.43. The van der Waals surface area contributed by atoms with E-state index >= 15 is 0 Å². The van der Waals surface area contributed by atoms with Gasteiger partial charge in [-0.2, -0.15) is 13.2 Å². The van der Waals surface area contributed by atoms with Gasteiger partial charge in [0.25, 0.3) is 5.91 Å². The van der Waals surface area contributed by atoms with Gasteiger partial charge >= 0.3 is 6.18 Å². The quantitative estimate of drug-likeness (QED) is 0.481. The number of benzene rings is 2. The van der Waals surface area contributed by atoms with Crippen LogP contribution in [0.15, 0.2) is 64.3 Å². The van der Waals surface area contributed by atoms with Gasteiger partial charge in [-0.1, -0.05) is 47.6 Å². The molecule has 2 aliphatic heterocycles. The van der Waals surface area contributed by atoms with E-state index in [1.807, 2.05) is 48.5 Å². The van der Waals surface area contributed by atoms with Gasteiger partial charge in [-0.25, -0.2) is 4.99 Å². The molecule has 3 heterocycles. The molecule has 2 aliphatic rings. The fraction of sp³-hybridized carbons (Fsp3) is 0.333. The summed E-state index contributed by atoms with van der Waals surface area (Å²) in [6.45, 7) is 2.51. The van der Waals surface area contributed by atoms with Crippen LogP contribution in [0, 0.1) is 12.8 Å². The first-order valence-corrected chi connectivity index (χ1v) is 12.3. The molecule has 0 fully saturated rings. The van der Waals surface area contributed by atoms with E-state index in [0.717, 1.165) is 16.8 Å². The van der Waals surface area contributed by atoms with Crippen molar-refractivity contribution in [3.8, 4) is 0 Å². The average molecular weight is 526 g/mol. The Hall–Kier alpha value is -4.15. The molecule has 38 heavy (non-hydrogen) atoms. The van der Waals surface area contributed by atoms with E-state index in [1.165, 1.54) is 6.26 Å². The first-order valence-electron chi connectivity index (χ1n) is 12.3. The minimum Gasteiger partial charge on any atom is -0.382 e. The number of aliphatic imine (C=N–C) groups is 1. The second-order valence-electron chi connectivity index (χ2n) is 9.35. The van der Waals surface area contributed by atoms with Gasteiger partial charge in [-0.05, 0) is 25.8 Å². The highest BCUT2D eigenvalue weighted by Crippen LogP contribution is 2.37. The third-order valence-electron chi connectivity index (χ3n) is 6.76. The van der Waals surface area contributed by atoms with Crippen LogP contribution in [0.1, 0.15) is 35.2 Å². The van der Waals surface area contributed by atoms with Crippen molar-refractivity contribution in [1.29, 1.82) is 0 Å². The lowest BCUT2D eigenvalue weighted by molar-refractivity contribution is -0.142. The maximum absolute atomic E-state index is 13.7. The summed E-state index contributed by atoms with van der Waals surface area (Å²) in [6.07, 6.45) is -6.02. The van der Waals surface area contributed by atoms with Gasteiger partial charge in [0.1, 0.15) is 6.26 Å². The van der Waals surface area contributed by atoms with Crippen LogP contribution >= 0.6 is 0 Å². The molecule has 2 atom stereocenters. The molecule has 5 rings (SSSR count). The van der Waals surface area contributed by atoms with E-state index in [-0.39, 0.29) is 6.42 Å². The van der Waals surface area contributed by atoms with Crippen LogP contribution in [0.3, 0.4) is 0 Å². The lowest BCUT2D eigenvalue weighted by atomic mass is 9.94. The van der Waals surface area contributed by atoms with Gasteiger partial charge in [-0.15, -0.1) is 0 Å². The van der Waals surface area contributed by atoms with Gasteiger partial charge in [0.05, 0.1) is 22.8 Å². The fourth-order valence-electron chi connectivity index (χ4n) is 4.81. The van der Waals surface area contributed by atoms with Crippen LogP contribution < -0.4 is 15.5 Å². The molecule has 198 valence electrons. The molecule has 2 aromatic carbocycles. The molecule has 11 heteroatoms. The standard InChI is InChI=1S/C27H26F3N5O3/c1-16-19(15-38-34-16)14-18(10-11-27(28,29)30)25(36)33-24-26(37)35-13-12-31-21-9-5-8-20(23(21)35)22(32-24)17-6-3-2-4-7-17/h2-9,15,18,24,31H,10-14H2,1H3,(H,33,36). The topological polar surface area (TPSA) is 99.8 Å². The minimum atomic E-state index is -4.43. The van der Waals surface area contributed by atoms with Crippen LogP contribution in [0.5, 0.6) is 0 Å². The van der Waals surface area contributed by atoms with Crippen molar-refractivity contribution in [2.45, 2.75) is 38.5 Å². The number of alkyl halides is 3. The summed E-state index contributed by atoms with van der Waals surface area (Å²) in [5.74, 6) is -2.21. The Morgan fingerprint density at radius 1 is 1.21 bits per heavy atom. The second kappa shape index (κ2) is 10.3. The predicted molar refractivity (Wildman–Crippen MR) is 135 cm³/mol. The Balaban J connectivity index is 1.50. The van der Waals surface area contributed by atoms with Crippen molar-refractivity contribution in [3.05, 3.63) is 77.2 Å². The van der Waals surface area contributed by atoms with Crippen LogP contribution in [-0.2, 0) is 16.0 Å². The molecular weight excluding hydrogens is 499 g/mol. The summed E-state index contributed by atoms with van der Waals surface area (Å²) in [7, 11) is 0. The molecule has 2 N–H and O–H groups in total. The molecule has 0 radical (unpaired) electrons. The molecular formula is C27H26F3N5O3. The predicted octanol–water partition coefficient (Wildman–Crippen LogP) is 4.24. The van der Waals surface area contributed by atoms with Gasteiger partial charge in [-0.3, -0.25) is 9.59 Å². The third kappa shape index (κ3) is 5.27. The zero-order chi connectivity index (χ0) is 26.9. The normalized spacial score (nSPS) is 17.7. The Bertz CT molecular complexity index is 1370. The highest BCUT2D eigenvalue weighted by molar-refractivity contribution is 6.22. The zero-order valence-corrected chi connectivity index (χ0v) is 20.6. The number of amides is 2. The van der Waals surface area contributed by atoms with Crippen LogP contribution in [0.25, 0.3) is 0 Å². The molecule has 1 aromatic heterocycles. The molecule has 0 aliphatic carbocycles. The van der Waals surface area contributed by atoms with Gasteiger partial charge in [0.15, 0.2) is 0 Å². The first-order chi connectivity index (χ1) is 18.2. The number of carbonyl (C=O) groups excluding carboxylic acids is 2. The molecule has 0 saturated heterocycles. The summed E-state index contributed by atoms with van der Waals surface area (Å²) in [5, 5.41) is 9.72. The van der Waals surface area contributed by atoms with Gasteiger partial charge in [0, 0.05) is 42.1 Å². The summed E-state index contributed by atoms with van der Waals surface area (Å²) in [4.78, 5) is 33.4. The summed E-state index contributed by atoms with van der Waals surface area (Å²) in [6, 6.07) is 14.9. The van der Waals surface area contributed by atoms with E-state index in [2.05, 4.69) is 15.8 Å². The lowest BCUT2D eigenvalue weighted by Crippen LogP contribution is -2.51. The molecule has 2 unspecified atom stereocenters. The molecule has 3 aromatic rings. The number of aryl methyl sites for hydroxylation is 1. The molecule has 8 nitrogen and oxygen atoms in total. The molecule has 0 saturated carbocycles. The number of anilines is 2. The monoisotopic (exact) mass is 525 g/mol. The Labute approximate surface area is 216 Å². The van der Waals surface area contributed by atoms with E-state index in [0.29, 0.717) is 35.7 Å². The highest BCUT2D eigenvalue weighted by atomic mass is 19.4. The van der Waals surface area contributed by atoms with Crippen molar-refractivity contribution in [2.24, 2.45) is 10.9 Å². The number of nitrogens with one attached hydrogen (secondary N) is 2. The zero-order valence-electron chi connectivity index (χ0n) is 20.6. The van der Waals surface area contributed by atoms with Gasteiger partial charge < -0.3 is 20.1 Å². The number of para-hydroxylation sites is 1. The van der Waals surface area contributed by atoms with E-state index < -0.39 is 42.9 Å². The largest absolute Gasteiger partial charge is 0.389 e. The third-order valence-corrected chi connectivity index (χ3v) is 6.76. The molecule has 2 amide bonds. The molecule has 0 spiro atoms. The van der Waals surface area contributed by atoms with Crippen LogP contribution in [-0.4, -0.2) is 48.1 Å². The number of hydrogen-bond acceptors (Lipinski definition) is 6. The minimum absolute atomic E-state index is 0.00851. The van der Waals surface area contributed by atoms with Crippen molar-refractivity contribution in [2.75, 3.05) is 23.3 Å². The Kier molecular flexibility index (Phi) is 6.92. The first kappa shape index (κ1) is 25.5. The maximum Gasteiger partial charge on any atom is 0.389 e. The molecule has 0 bridgehead atoms. The van der Waals surface area contributed by atoms with Crippen molar-refractivity contribution >= 4 is 28.9 Å². The van der Waals surface area contributed by atoms with Crippen LogP contribution in [0.2, 0.25) is 0 Å². The number of hydrogen-bond donors (Lipinski definition) is 2. The second-order valence-corrected chi connectivity index (χ2v) is 9.35. The number of aromatic nitrogens is 1. The Morgan fingerprint density at radius 2 is 2.00 bits per heavy atom. The fourth-order valence-corrected chi connectivity index (χ4v) is 4.81. The number of rotatable bonds is 7. The smallest absolute Gasteiger partial charge is 0.382 e. The van der Waals surface area contributed by atoms with Crippen molar-refractivity contribution in [1.82, 2.24) is 10.5 Å². The number of halogens is 3. The van der Waals surface area contributed by atoms with E-state index in [4.69, 9.17) is 9.52 Å². The number of carbonyl (C=O) groups is 2. The van der Waals surface area contributed by atoms with Crippen molar-refractivity contribution in [3.63, 3.8) is 0 Å². The van der Waals surface area contributed by atoms with E-state index in [1.54, 1.807) is 11.8 Å². The Morgan fingerprint density at radius 3 is 2.71 bits per heavy atom. The SMILES string of the molecule is Cc1nocc1CC(CCC(F)(F)F)C(=O)NC1N=C(c2ccccc2)c2cccc3c2N(CCN3)C1=O. The van der Waals surface area contributed by atoms with E-state index in [9.17, 15) is 22.8 Å². The van der Waals surface area contributed by atoms with Gasteiger partial charge in [0.2, 0.25) is 12.1 Å². The lowest BCUT2D eigenvalue weighted by Gasteiger charge is -2.32.